The molecule has 1 aromatic carbocycles. The number of anilines is 1. The summed E-state index contributed by atoms with van der Waals surface area (Å²) in [5, 5.41) is 19.5. The van der Waals surface area contributed by atoms with E-state index in [1.165, 1.54) is 0 Å². The fourth-order valence-corrected chi connectivity index (χ4v) is 2.23. The number of carbonyl (C=O) groups is 1. The highest BCUT2D eigenvalue weighted by atomic mass is 35.5. The molecule has 2 rings (SSSR count). The largest absolute Gasteiger partial charge is 0.481 e. The van der Waals surface area contributed by atoms with Crippen LogP contribution in [0.2, 0.25) is 10.0 Å². The maximum absolute atomic E-state index is 10.9. The first-order valence-corrected chi connectivity index (χ1v) is 5.87. The molecule has 2 atom stereocenters. The van der Waals surface area contributed by atoms with Gasteiger partial charge in [-0.05, 0) is 18.2 Å². The molecule has 1 saturated heterocycles. The van der Waals surface area contributed by atoms with Crippen LogP contribution in [0.1, 0.15) is 6.42 Å². The standard InChI is InChI=1S/C11H11Cl2NO3/c12-8-2-1-7(4-9(8)13)14-5-6(11(16)17)3-10(14)15/h1-2,4,6,10,15H,3,5H2,(H,16,17). The molecule has 0 saturated carbocycles. The third-order valence-corrected chi connectivity index (χ3v) is 3.60. The summed E-state index contributed by atoms with van der Waals surface area (Å²) in [6.07, 6.45) is -0.580. The van der Waals surface area contributed by atoms with Crippen LogP contribution in [-0.4, -0.2) is 29.0 Å². The van der Waals surface area contributed by atoms with Crippen molar-refractivity contribution >= 4 is 34.9 Å². The molecular weight excluding hydrogens is 265 g/mol. The number of aliphatic carboxylic acids is 1. The van der Waals surface area contributed by atoms with Gasteiger partial charge in [0.25, 0.3) is 0 Å². The van der Waals surface area contributed by atoms with Crippen LogP contribution in [0.4, 0.5) is 5.69 Å². The van der Waals surface area contributed by atoms with Crippen molar-refractivity contribution < 1.29 is 15.0 Å². The maximum atomic E-state index is 10.9. The zero-order valence-electron chi connectivity index (χ0n) is 8.81. The molecule has 1 aromatic rings. The number of aliphatic hydroxyl groups is 1. The molecule has 1 fully saturated rings. The molecule has 17 heavy (non-hydrogen) atoms. The lowest BCUT2D eigenvalue weighted by Gasteiger charge is -2.22. The zero-order valence-corrected chi connectivity index (χ0v) is 10.3. The summed E-state index contributed by atoms with van der Waals surface area (Å²) in [6, 6.07) is 4.96. The van der Waals surface area contributed by atoms with E-state index in [9.17, 15) is 9.90 Å². The molecule has 92 valence electrons. The second-order valence-electron chi connectivity index (χ2n) is 4.00. The lowest BCUT2D eigenvalue weighted by molar-refractivity contribution is -0.141. The summed E-state index contributed by atoms with van der Waals surface area (Å²) in [6.45, 7) is 0.272. The van der Waals surface area contributed by atoms with Crippen LogP contribution in [-0.2, 0) is 4.79 Å². The Bertz CT molecular complexity index is 452. The van der Waals surface area contributed by atoms with Gasteiger partial charge < -0.3 is 15.1 Å². The molecular formula is C11H11Cl2NO3. The number of hydrogen-bond donors (Lipinski definition) is 2. The van der Waals surface area contributed by atoms with E-state index in [2.05, 4.69) is 0 Å². The van der Waals surface area contributed by atoms with Crippen molar-refractivity contribution in [2.75, 3.05) is 11.4 Å². The van der Waals surface area contributed by atoms with Crippen molar-refractivity contribution in [1.29, 1.82) is 0 Å². The fraction of sp³-hybridized carbons (Fsp3) is 0.364. The summed E-state index contributed by atoms with van der Waals surface area (Å²) in [5.41, 5.74) is 0.677. The Morgan fingerprint density at radius 2 is 2.06 bits per heavy atom. The van der Waals surface area contributed by atoms with Gasteiger partial charge in [0, 0.05) is 18.7 Å². The monoisotopic (exact) mass is 275 g/mol. The van der Waals surface area contributed by atoms with Gasteiger partial charge in [-0.3, -0.25) is 4.79 Å². The van der Waals surface area contributed by atoms with Gasteiger partial charge in [-0.2, -0.15) is 0 Å². The van der Waals surface area contributed by atoms with Gasteiger partial charge in [0.2, 0.25) is 0 Å². The number of nitrogens with zero attached hydrogens (tertiary/aromatic N) is 1. The smallest absolute Gasteiger partial charge is 0.308 e. The summed E-state index contributed by atoms with van der Waals surface area (Å²) in [5.74, 6) is -1.45. The molecule has 0 aliphatic carbocycles. The lowest BCUT2D eigenvalue weighted by atomic mass is 10.1. The van der Waals surface area contributed by atoms with E-state index in [0.29, 0.717) is 15.7 Å². The van der Waals surface area contributed by atoms with Gasteiger partial charge in [0.1, 0.15) is 6.23 Å². The predicted octanol–water partition coefficient (Wildman–Crippen LogP) is 2.22. The van der Waals surface area contributed by atoms with Crippen LogP contribution in [0, 0.1) is 5.92 Å². The minimum Gasteiger partial charge on any atom is -0.481 e. The average Bonchev–Trinajstić information content (AvgIpc) is 2.65. The number of hydrogen-bond acceptors (Lipinski definition) is 3. The highest BCUT2D eigenvalue weighted by molar-refractivity contribution is 6.42. The Kier molecular flexibility index (Phi) is 3.47. The van der Waals surface area contributed by atoms with Gasteiger partial charge >= 0.3 is 5.97 Å². The SMILES string of the molecule is O=C(O)C1CC(O)N(c2ccc(Cl)c(Cl)c2)C1. The molecule has 0 aromatic heterocycles. The Balaban J connectivity index is 2.22. The first-order chi connectivity index (χ1) is 7.99. The summed E-state index contributed by atoms with van der Waals surface area (Å²) < 4.78 is 0. The van der Waals surface area contributed by atoms with E-state index in [4.69, 9.17) is 28.3 Å². The van der Waals surface area contributed by atoms with E-state index in [-0.39, 0.29) is 13.0 Å². The minimum atomic E-state index is -0.897. The van der Waals surface area contributed by atoms with Gasteiger partial charge in [0.05, 0.1) is 16.0 Å². The number of halogens is 2. The third kappa shape index (κ3) is 2.49. The molecule has 0 amide bonds. The van der Waals surface area contributed by atoms with Crippen molar-refractivity contribution in [2.24, 2.45) is 5.92 Å². The van der Waals surface area contributed by atoms with Gasteiger partial charge in [-0.15, -0.1) is 0 Å². The van der Waals surface area contributed by atoms with Crippen LogP contribution in [0.5, 0.6) is 0 Å². The van der Waals surface area contributed by atoms with E-state index < -0.39 is 18.1 Å². The fourth-order valence-electron chi connectivity index (χ4n) is 1.94. The molecule has 0 spiro atoms. The van der Waals surface area contributed by atoms with Crippen molar-refractivity contribution in [1.82, 2.24) is 0 Å². The number of carboxylic acids is 1. The zero-order chi connectivity index (χ0) is 12.6. The minimum absolute atomic E-state index is 0.218. The van der Waals surface area contributed by atoms with Gasteiger partial charge in [-0.25, -0.2) is 0 Å². The summed E-state index contributed by atoms with van der Waals surface area (Å²) in [4.78, 5) is 12.5. The molecule has 6 heteroatoms. The first-order valence-electron chi connectivity index (χ1n) is 5.11. The second-order valence-corrected chi connectivity index (χ2v) is 4.82. The van der Waals surface area contributed by atoms with Crippen molar-refractivity contribution in [2.45, 2.75) is 12.6 Å². The lowest BCUT2D eigenvalue weighted by Crippen LogP contribution is -2.29. The van der Waals surface area contributed by atoms with Crippen molar-refractivity contribution in [3.63, 3.8) is 0 Å². The second kappa shape index (κ2) is 4.72. The number of carboxylic acid groups (broad SMARTS) is 1. The first kappa shape index (κ1) is 12.5. The van der Waals surface area contributed by atoms with E-state index >= 15 is 0 Å². The van der Waals surface area contributed by atoms with Crippen LogP contribution < -0.4 is 4.90 Å². The molecule has 2 unspecified atom stereocenters. The van der Waals surface area contributed by atoms with E-state index in [0.717, 1.165) is 0 Å². The highest BCUT2D eigenvalue weighted by Crippen LogP contribution is 2.32. The molecule has 2 N–H and O–H groups in total. The Hall–Kier alpha value is -0.970. The van der Waals surface area contributed by atoms with Crippen LogP contribution in [0.15, 0.2) is 18.2 Å². The van der Waals surface area contributed by atoms with E-state index in [1.54, 1.807) is 23.1 Å². The van der Waals surface area contributed by atoms with Crippen molar-refractivity contribution in [3.05, 3.63) is 28.2 Å². The Labute approximate surface area is 108 Å². The number of aliphatic hydroxyl groups excluding tert-OH is 1. The molecule has 0 radical (unpaired) electrons. The number of rotatable bonds is 2. The highest BCUT2D eigenvalue weighted by Gasteiger charge is 2.35. The quantitative estimate of drug-likeness (QED) is 0.869. The topological polar surface area (TPSA) is 60.8 Å². The van der Waals surface area contributed by atoms with Gasteiger partial charge in [0.15, 0.2) is 0 Å². The molecule has 1 heterocycles. The average molecular weight is 276 g/mol. The molecule has 4 nitrogen and oxygen atoms in total. The Morgan fingerprint density at radius 3 is 2.59 bits per heavy atom. The molecule has 1 aliphatic heterocycles. The van der Waals surface area contributed by atoms with E-state index in [1.807, 2.05) is 0 Å². The van der Waals surface area contributed by atoms with Crippen LogP contribution in [0.25, 0.3) is 0 Å². The predicted molar refractivity (Wildman–Crippen MR) is 65.6 cm³/mol. The van der Waals surface area contributed by atoms with Crippen LogP contribution in [0.3, 0.4) is 0 Å². The number of benzene rings is 1. The summed E-state index contributed by atoms with van der Waals surface area (Å²) in [7, 11) is 0. The summed E-state index contributed by atoms with van der Waals surface area (Å²) >= 11 is 11.7. The maximum Gasteiger partial charge on any atom is 0.308 e. The molecule has 1 aliphatic rings. The Morgan fingerprint density at radius 1 is 1.35 bits per heavy atom. The van der Waals surface area contributed by atoms with Gasteiger partial charge in [-0.1, -0.05) is 23.2 Å². The third-order valence-electron chi connectivity index (χ3n) is 2.86. The molecule has 0 bridgehead atoms. The normalized spacial score (nSPS) is 24.1. The van der Waals surface area contributed by atoms with Crippen LogP contribution >= 0.6 is 23.2 Å². The van der Waals surface area contributed by atoms with Crippen molar-refractivity contribution in [3.8, 4) is 0 Å².